The summed E-state index contributed by atoms with van der Waals surface area (Å²) in [4.78, 5) is 0. The summed E-state index contributed by atoms with van der Waals surface area (Å²) >= 11 is 0. The molecule has 0 saturated heterocycles. The van der Waals surface area contributed by atoms with Crippen LogP contribution in [0.1, 0.15) is 12.8 Å². The molecule has 0 heterocycles. The molecule has 3 N–H and O–H groups in total. The van der Waals surface area contributed by atoms with E-state index in [2.05, 4.69) is 5.16 Å². The topological polar surface area (TPSA) is 96.0 Å². The maximum Gasteiger partial charge on any atom is 0.217 e. The first-order valence-corrected chi connectivity index (χ1v) is 5.40. The molecule has 1 saturated carbocycles. The van der Waals surface area contributed by atoms with Gasteiger partial charge in [-0.2, -0.15) is 4.31 Å². The van der Waals surface area contributed by atoms with Gasteiger partial charge >= 0.3 is 0 Å². The van der Waals surface area contributed by atoms with E-state index in [0.717, 1.165) is 4.31 Å². The fraction of sp³-hybridized carbons (Fsp3) is 0.833. The minimum Gasteiger partial charge on any atom is -0.409 e. The smallest absolute Gasteiger partial charge is 0.217 e. The van der Waals surface area contributed by atoms with Crippen LogP contribution in [0.4, 0.5) is 0 Å². The molecular formula is C6H13N3O3S. The molecule has 0 radical (unpaired) electrons. The van der Waals surface area contributed by atoms with E-state index in [1.54, 1.807) is 0 Å². The highest BCUT2D eigenvalue weighted by atomic mass is 32.2. The van der Waals surface area contributed by atoms with Crippen molar-refractivity contribution in [3.63, 3.8) is 0 Å². The van der Waals surface area contributed by atoms with Gasteiger partial charge in [-0.25, -0.2) is 8.42 Å². The molecule has 0 amide bonds. The number of nitrogens with two attached hydrogens (primary N) is 1. The number of hydrogen-bond acceptors (Lipinski definition) is 4. The first-order valence-electron chi connectivity index (χ1n) is 3.90. The molecular weight excluding hydrogens is 194 g/mol. The van der Waals surface area contributed by atoms with Gasteiger partial charge in [0.15, 0.2) is 5.84 Å². The molecule has 76 valence electrons. The fourth-order valence-electron chi connectivity index (χ4n) is 0.970. The Bertz CT molecular complexity index is 307. The molecule has 0 bridgehead atoms. The molecule has 0 atom stereocenters. The zero-order valence-corrected chi connectivity index (χ0v) is 8.16. The lowest BCUT2D eigenvalue weighted by Crippen LogP contribution is -2.37. The van der Waals surface area contributed by atoms with Crippen LogP contribution in [0.15, 0.2) is 5.16 Å². The Kier molecular flexibility index (Phi) is 2.77. The minimum atomic E-state index is -3.21. The monoisotopic (exact) mass is 207 g/mol. The van der Waals surface area contributed by atoms with Crippen molar-refractivity contribution in [2.24, 2.45) is 10.9 Å². The van der Waals surface area contributed by atoms with Crippen molar-refractivity contribution in [1.82, 2.24) is 4.31 Å². The van der Waals surface area contributed by atoms with Crippen molar-refractivity contribution in [2.45, 2.75) is 18.1 Å². The van der Waals surface area contributed by atoms with Gasteiger partial charge in [-0.1, -0.05) is 5.16 Å². The van der Waals surface area contributed by atoms with Gasteiger partial charge in [-0.3, -0.25) is 0 Å². The van der Waals surface area contributed by atoms with Crippen LogP contribution in [0, 0.1) is 0 Å². The van der Waals surface area contributed by atoms with Crippen molar-refractivity contribution < 1.29 is 13.6 Å². The van der Waals surface area contributed by atoms with E-state index >= 15 is 0 Å². The number of sulfonamides is 1. The van der Waals surface area contributed by atoms with Crippen LogP contribution >= 0.6 is 0 Å². The molecule has 0 aromatic heterocycles. The third-order valence-corrected chi connectivity index (χ3v) is 4.20. The van der Waals surface area contributed by atoms with Crippen LogP contribution in [-0.2, 0) is 10.0 Å². The maximum atomic E-state index is 11.5. The predicted octanol–water partition coefficient (Wildman–Crippen LogP) is -0.843. The maximum absolute atomic E-state index is 11.5. The third-order valence-electron chi connectivity index (χ3n) is 1.89. The number of oxime groups is 1. The van der Waals surface area contributed by atoms with Gasteiger partial charge in [-0.05, 0) is 12.8 Å². The van der Waals surface area contributed by atoms with Crippen molar-refractivity contribution in [2.75, 3.05) is 13.6 Å². The quantitative estimate of drug-likeness (QED) is 0.272. The molecule has 7 heteroatoms. The molecule has 1 fully saturated rings. The number of rotatable bonds is 4. The molecule has 0 aliphatic heterocycles. The van der Waals surface area contributed by atoms with E-state index in [1.807, 2.05) is 0 Å². The van der Waals surface area contributed by atoms with Crippen molar-refractivity contribution >= 4 is 15.9 Å². The summed E-state index contributed by atoms with van der Waals surface area (Å²) in [5.41, 5.74) is 5.19. The van der Waals surface area contributed by atoms with Crippen molar-refractivity contribution in [1.29, 1.82) is 0 Å². The average molecular weight is 207 g/mol. The molecule has 1 rings (SSSR count). The van der Waals surface area contributed by atoms with E-state index in [1.165, 1.54) is 7.05 Å². The summed E-state index contributed by atoms with van der Waals surface area (Å²) in [5, 5.41) is 10.7. The minimum absolute atomic E-state index is 0.0602. The van der Waals surface area contributed by atoms with Gasteiger partial charge in [0.2, 0.25) is 10.0 Å². The van der Waals surface area contributed by atoms with Crippen molar-refractivity contribution in [3.05, 3.63) is 0 Å². The lowest BCUT2D eigenvalue weighted by Gasteiger charge is -2.15. The summed E-state index contributed by atoms with van der Waals surface area (Å²) in [6, 6.07) is 0. The summed E-state index contributed by atoms with van der Waals surface area (Å²) < 4.78 is 24.1. The summed E-state index contributed by atoms with van der Waals surface area (Å²) in [7, 11) is -1.79. The fourth-order valence-corrected chi connectivity index (χ4v) is 2.52. The van der Waals surface area contributed by atoms with Crippen LogP contribution in [0.25, 0.3) is 0 Å². The Morgan fingerprint density at radius 1 is 1.69 bits per heavy atom. The van der Waals surface area contributed by atoms with E-state index in [4.69, 9.17) is 10.9 Å². The standard InChI is InChI=1S/C6H13N3O3S/c1-9(4-6(7)8-10)13(11,12)5-2-3-5/h5,10H,2-4H2,1H3,(H2,7,8). The number of nitrogens with zero attached hydrogens (tertiary/aromatic N) is 2. The summed E-state index contributed by atoms with van der Waals surface area (Å²) in [6.45, 7) is -0.0602. The van der Waals surface area contributed by atoms with Gasteiger partial charge in [0.25, 0.3) is 0 Å². The normalized spacial score (nSPS) is 19.4. The van der Waals surface area contributed by atoms with E-state index in [-0.39, 0.29) is 17.6 Å². The van der Waals surface area contributed by atoms with E-state index in [0.29, 0.717) is 12.8 Å². The highest BCUT2D eigenvalue weighted by Crippen LogP contribution is 2.30. The van der Waals surface area contributed by atoms with Gasteiger partial charge in [0.05, 0.1) is 11.8 Å². The van der Waals surface area contributed by atoms with Crippen LogP contribution < -0.4 is 5.73 Å². The molecule has 0 unspecified atom stereocenters. The van der Waals surface area contributed by atoms with E-state index < -0.39 is 10.0 Å². The number of hydrogen-bond donors (Lipinski definition) is 2. The second kappa shape index (κ2) is 3.51. The SMILES string of the molecule is CN(CC(N)=NO)S(=O)(=O)C1CC1. The number of amidine groups is 1. The van der Waals surface area contributed by atoms with Crippen LogP contribution in [0.5, 0.6) is 0 Å². The molecule has 0 aromatic carbocycles. The molecule has 13 heavy (non-hydrogen) atoms. The van der Waals surface area contributed by atoms with Crippen LogP contribution in [0.3, 0.4) is 0 Å². The lowest BCUT2D eigenvalue weighted by molar-refractivity contribution is 0.315. The summed E-state index contributed by atoms with van der Waals surface area (Å²) in [6.07, 6.45) is 1.42. The van der Waals surface area contributed by atoms with Gasteiger partial charge in [0.1, 0.15) is 0 Å². The van der Waals surface area contributed by atoms with E-state index in [9.17, 15) is 8.42 Å². The molecule has 1 aliphatic carbocycles. The molecule has 6 nitrogen and oxygen atoms in total. The lowest BCUT2D eigenvalue weighted by atomic mass is 10.6. The highest BCUT2D eigenvalue weighted by molar-refractivity contribution is 7.90. The molecule has 0 aromatic rings. The second-order valence-corrected chi connectivity index (χ2v) is 5.41. The molecule has 1 aliphatic rings. The Balaban J connectivity index is 2.61. The number of likely N-dealkylation sites (N-methyl/N-ethyl adjacent to an activating group) is 1. The Labute approximate surface area is 77.1 Å². The Hall–Kier alpha value is -0.820. The third kappa shape index (κ3) is 2.31. The van der Waals surface area contributed by atoms with Gasteiger partial charge in [0, 0.05) is 7.05 Å². The largest absolute Gasteiger partial charge is 0.409 e. The predicted molar refractivity (Wildman–Crippen MR) is 48.0 cm³/mol. The Morgan fingerprint density at radius 3 is 2.62 bits per heavy atom. The Morgan fingerprint density at radius 2 is 2.23 bits per heavy atom. The zero-order valence-electron chi connectivity index (χ0n) is 7.34. The van der Waals surface area contributed by atoms with Gasteiger partial charge in [-0.15, -0.1) is 0 Å². The summed E-state index contributed by atoms with van der Waals surface area (Å²) in [5.74, 6) is -0.105. The first-order chi connectivity index (χ1) is 5.98. The molecule has 0 spiro atoms. The van der Waals surface area contributed by atoms with Crippen LogP contribution in [-0.4, -0.2) is 42.6 Å². The van der Waals surface area contributed by atoms with Crippen molar-refractivity contribution in [3.8, 4) is 0 Å². The first kappa shape index (κ1) is 10.3. The zero-order chi connectivity index (χ0) is 10.1. The average Bonchev–Trinajstić information content (AvgIpc) is 2.86. The van der Waals surface area contributed by atoms with Gasteiger partial charge < -0.3 is 10.9 Å². The highest BCUT2D eigenvalue weighted by Gasteiger charge is 2.38. The second-order valence-electron chi connectivity index (χ2n) is 3.09. The van der Waals surface area contributed by atoms with Crippen LogP contribution in [0.2, 0.25) is 0 Å².